The van der Waals surface area contributed by atoms with Gasteiger partial charge in [-0.15, -0.1) is 0 Å². The van der Waals surface area contributed by atoms with Crippen molar-refractivity contribution in [1.82, 2.24) is 10.6 Å². The number of carbonyl (C=O) groups excluding carboxylic acids is 1. The maximum atomic E-state index is 12.7. The number of hydrogen-bond donors (Lipinski definition) is 2. The zero-order valence-corrected chi connectivity index (χ0v) is 16.3. The molecule has 5 heteroatoms. The topological polar surface area (TPSA) is 59.6 Å². The van der Waals surface area contributed by atoms with Crippen molar-refractivity contribution in [2.75, 3.05) is 26.8 Å². The van der Waals surface area contributed by atoms with Crippen molar-refractivity contribution in [3.63, 3.8) is 0 Å². The Balaban J connectivity index is 1.46. The lowest BCUT2D eigenvalue weighted by Gasteiger charge is -2.40. The van der Waals surface area contributed by atoms with Crippen molar-refractivity contribution in [3.8, 4) is 5.75 Å². The molecule has 28 heavy (non-hydrogen) atoms. The van der Waals surface area contributed by atoms with Crippen LogP contribution in [0.3, 0.4) is 0 Å². The highest BCUT2D eigenvalue weighted by molar-refractivity contribution is 5.77. The van der Waals surface area contributed by atoms with Crippen LogP contribution in [0.2, 0.25) is 0 Å². The van der Waals surface area contributed by atoms with E-state index < -0.39 is 0 Å². The van der Waals surface area contributed by atoms with Gasteiger partial charge in [-0.2, -0.15) is 0 Å². The number of para-hydroxylation sites is 1. The third kappa shape index (κ3) is 3.52. The molecular weight excluding hydrogens is 352 g/mol. The summed E-state index contributed by atoms with van der Waals surface area (Å²) in [7, 11) is 1.76. The molecule has 1 spiro atoms. The van der Waals surface area contributed by atoms with Crippen LogP contribution in [0.5, 0.6) is 5.75 Å². The van der Waals surface area contributed by atoms with Crippen LogP contribution in [-0.2, 0) is 14.9 Å². The fraction of sp³-hybridized carbons (Fsp3) is 0.435. The third-order valence-corrected chi connectivity index (χ3v) is 6.09. The molecule has 2 atom stereocenters. The van der Waals surface area contributed by atoms with Crippen LogP contribution in [0.1, 0.15) is 36.4 Å². The van der Waals surface area contributed by atoms with Crippen molar-refractivity contribution in [2.45, 2.75) is 36.8 Å². The quantitative estimate of drug-likeness (QED) is 0.809. The van der Waals surface area contributed by atoms with Gasteiger partial charge in [0.15, 0.2) is 0 Å². The molecule has 0 saturated carbocycles. The Bertz CT molecular complexity index is 803. The first kappa shape index (κ1) is 19.0. The van der Waals surface area contributed by atoms with E-state index in [-0.39, 0.29) is 23.5 Å². The molecule has 2 aromatic rings. The van der Waals surface area contributed by atoms with Crippen molar-refractivity contribution < 1.29 is 14.3 Å². The molecule has 0 aromatic heterocycles. The molecule has 4 rings (SSSR count). The second kappa shape index (κ2) is 8.33. The van der Waals surface area contributed by atoms with Crippen molar-refractivity contribution >= 4 is 5.91 Å². The average Bonchev–Trinajstić information content (AvgIpc) is 2.98. The SMILES string of the molecule is CO[C@H]1[C@H](NC(=O)CCOc2ccccc2)c2ccccc2C12CCNCC2. The zero-order valence-electron chi connectivity index (χ0n) is 16.3. The lowest BCUT2D eigenvalue weighted by molar-refractivity contribution is -0.123. The molecule has 1 aliphatic carbocycles. The highest BCUT2D eigenvalue weighted by Gasteiger charge is 2.53. The summed E-state index contributed by atoms with van der Waals surface area (Å²) < 4.78 is 11.7. The van der Waals surface area contributed by atoms with E-state index >= 15 is 0 Å². The Morgan fingerprint density at radius 2 is 1.82 bits per heavy atom. The first-order valence-electron chi connectivity index (χ1n) is 10.0. The molecule has 5 nitrogen and oxygen atoms in total. The molecule has 1 fully saturated rings. The first-order valence-corrected chi connectivity index (χ1v) is 10.0. The Kier molecular flexibility index (Phi) is 5.64. The van der Waals surface area contributed by atoms with Gasteiger partial charge < -0.3 is 20.1 Å². The van der Waals surface area contributed by atoms with E-state index in [4.69, 9.17) is 9.47 Å². The molecule has 1 aliphatic heterocycles. The number of benzene rings is 2. The summed E-state index contributed by atoms with van der Waals surface area (Å²) in [5.41, 5.74) is 2.48. The van der Waals surface area contributed by atoms with Gasteiger partial charge >= 0.3 is 0 Å². The smallest absolute Gasteiger partial charge is 0.224 e. The van der Waals surface area contributed by atoms with E-state index in [2.05, 4.69) is 28.8 Å². The molecule has 2 aromatic carbocycles. The monoisotopic (exact) mass is 380 g/mol. The summed E-state index contributed by atoms with van der Waals surface area (Å²) in [5, 5.41) is 6.68. The Hall–Kier alpha value is -2.37. The van der Waals surface area contributed by atoms with Gasteiger partial charge in [0.2, 0.25) is 5.91 Å². The average molecular weight is 380 g/mol. The van der Waals surface area contributed by atoms with Crippen molar-refractivity contribution in [3.05, 3.63) is 65.7 Å². The summed E-state index contributed by atoms with van der Waals surface area (Å²) in [4.78, 5) is 12.7. The number of fused-ring (bicyclic) bond motifs is 2. The molecule has 1 amide bonds. The third-order valence-electron chi connectivity index (χ3n) is 6.09. The molecule has 2 N–H and O–H groups in total. The van der Waals surface area contributed by atoms with E-state index in [1.165, 1.54) is 11.1 Å². The number of ether oxygens (including phenoxy) is 2. The number of carbonyl (C=O) groups is 1. The highest BCUT2D eigenvalue weighted by atomic mass is 16.5. The number of methoxy groups -OCH3 is 1. The second-order valence-corrected chi connectivity index (χ2v) is 7.61. The fourth-order valence-corrected chi connectivity index (χ4v) is 4.82. The van der Waals surface area contributed by atoms with Gasteiger partial charge in [-0.3, -0.25) is 4.79 Å². The van der Waals surface area contributed by atoms with Crippen LogP contribution >= 0.6 is 0 Å². The largest absolute Gasteiger partial charge is 0.493 e. The van der Waals surface area contributed by atoms with Gasteiger partial charge in [0.25, 0.3) is 0 Å². The number of piperidine rings is 1. The van der Waals surface area contributed by atoms with Crippen LogP contribution in [0.4, 0.5) is 0 Å². The van der Waals surface area contributed by atoms with Crippen LogP contribution in [0.25, 0.3) is 0 Å². The van der Waals surface area contributed by atoms with Gasteiger partial charge in [0.05, 0.1) is 25.2 Å². The van der Waals surface area contributed by atoms with Crippen LogP contribution in [0, 0.1) is 0 Å². The first-order chi connectivity index (χ1) is 13.7. The van der Waals surface area contributed by atoms with Gasteiger partial charge in [0.1, 0.15) is 5.75 Å². The molecule has 2 aliphatic rings. The maximum absolute atomic E-state index is 12.7. The van der Waals surface area contributed by atoms with Crippen LogP contribution in [-0.4, -0.2) is 38.8 Å². The second-order valence-electron chi connectivity index (χ2n) is 7.61. The minimum Gasteiger partial charge on any atom is -0.493 e. The highest BCUT2D eigenvalue weighted by Crippen LogP contribution is 2.51. The number of hydrogen-bond acceptors (Lipinski definition) is 4. The molecule has 0 unspecified atom stereocenters. The molecule has 0 radical (unpaired) electrons. The summed E-state index contributed by atoms with van der Waals surface area (Å²) in [5.74, 6) is 0.772. The lowest BCUT2D eigenvalue weighted by Crippen LogP contribution is -2.49. The molecule has 1 saturated heterocycles. The summed E-state index contributed by atoms with van der Waals surface area (Å²) in [6.45, 7) is 2.30. The normalized spacial score (nSPS) is 22.6. The van der Waals surface area contributed by atoms with Crippen LogP contribution < -0.4 is 15.4 Å². The standard InChI is InChI=1S/C23H28N2O3/c1-27-22-21(25-20(26)11-16-28-17-7-3-2-4-8-17)18-9-5-6-10-19(18)23(22)12-14-24-15-13-23/h2-10,21-22,24H,11-16H2,1H3,(H,25,26)/t21-,22+/m1/s1. The maximum Gasteiger partial charge on any atom is 0.224 e. The molecule has 1 heterocycles. The van der Waals surface area contributed by atoms with Gasteiger partial charge in [-0.05, 0) is 49.2 Å². The number of rotatable bonds is 6. The van der Waals surface area contributed by atoms with E-state index in [1.54, 1.807) is 7.11 Å². The van der Waals surface area contributed by atoms with Crippen molar-refractivity contribution in [1.29, 1.82) is 0 Å². The van der Waals surface area contributed by atoms with Crippen LogP contribution in [0.15, 0.2) is 54.6 Å². The minimum atomic E-state index is -0.122. The predicted molar refractivity (Wildman–Crippen MR) is 108 cm³/mol. The summed E-state index contributed by atoms with van der Waals surface area (Å²) >= 11 is 0. The lowest BCUT2D eigenvalue weighted by atomic mass is 9.72. The summed E-state index contributed by atoms with van der Waals surface area (Å²) in [6.07, 6.45) is 2.31. The van der Waals surface area contributed by atoms with Gasteiger partial charge in [0, 0.05) is 12.5 Å². The van der Waals surface area contributed by atoms with E-state index in [9.17, 15) is 4.79 Å². The Labute approximate surface area is 166 Å². The Morgan fingerprint density at radius 1 is 1.11 bits per heavy atom. The van der Waals surface area contributed by atoms with Crippen molar-refractivity contribution in [2.24, 2.45) is 0 Å². The number of amides is 1. The zero-order chi connectivity index (χ0) is 19.4. The molecular formula is C23H28N2O3. The van der Waals surface area contributed by atoms with Gasteiger partial charge in [-0.1, -0.05) is 42.5 Å². The fourth-order valence-electron chi connectivity index (χ4n) is 4.82. The summed E-state index contributed by atoms with van der Waals surface area (Å²) in [6, 6.07) is 17.9. The van der Waals surface area contributed by atoms with E-state index in [0.29, 0.717) is 13.0 Å². The Morgan fingerprint density at radius 3 is 2.57 bits per heavy atom. The van der Waals surface area contributed by atoms with E-state index in [1.807, 2.05) is 36.4 Å². The molecule has 148 valence electrons. The van der Waals surface area contributed by atoms with Gasteiger partial charge in [-0.25, -0.2) is 0 Å². The number of nitrogens with one attached hydrogen (secondary N) is 2. The molecule has 0 bridgehead atoms. The predicted octanol–water partition coefficient (Wildman–Crippen LogP) is 2.96. The minimum absolute atomic E-state index is 0.0104. The van der Waals surface area contributed by atoms with E-state index in [0.717, 1.165) is 31.7 Å².